The lowest BCUT2D eigenvalue weighted by molar-refractivity contribution is -0.122. The summed E-state index contributed by atoms with van der Waals surface area (Å²) in [4.78, 5) is 12.1. The average Bonchev–Trinajstić information content (AvgIpc) is 2.43. The largest absolute Gasteiger partial charge is 0.352 e. The molecule has 1 aromatic carbocycles. The van der Waals surface area contributed by atoms with Crippen LogP contribution >= 0.6 is 15.9 Å². The molecule has 1 amide bonds. The van der Waals surface area contributed by atoms with E-state index in [1.54, 1.807) is 0 Å². The fourth-order valence-electron chi connectivity index (χ4n) is 2.17. The van der Waals surface area contributed by atoms with E-state index in [9.17, 15) is 4.79 Å². The Balaban J connectivity index is 2.46. The van der Waals surface area contributed by atoms with Gasteiger partial charge in [0.15, 0.2) is 0 Å². The van der Waals surface area contributed by atoms with Crippen LogP contribution in [0.1, 0.15) is 51.0 Å². The summed E-state index contributed by atoms with van der Waals surface area (Å²) in [5.41, 5.74) is 6.88. The van der Waals surface area contributed by atoms with Gasteiger partial charge in [0.25, 0.3) is 0 Å². The van der Waals surface area contributed by atoms with E-state index in [1.807, 2.05) is 12.1 Å². The van der Waals surface area contributed by atoms with E-state index in [-0.39, 0.29) is 17.9 Å². The molecule has 0 aliphatic heterocycles. The molecule has 0 aliphatic rings. The Kier molecular flexibility index (Phi) is 7.85. The summed E-state index contributed by atoms with van der Waals surface area (Å²) in [6.07, 6.45) is 3.70. The van der Waals surface area contributed by atoms with Crippen LogP contribution in [0.3, 0.4) is 0 Å². The molecular formula is C16H25BrN2O. The number of hydrogen-bond acceptors (Lipinski definition) is 2. The molecule has 2 atom stereocenters. The molecule has 0 spiro atoms. The summed E-state index contributed by atoms with van der Waals surface area (Å²) in [5.74, 6) is 0.305. The van der Waals surface area contributed by atoms with E-state index >= 15 is 0 Å². The number of unbranched alkanes of at least 4 members (excludes halogenated alkanes) is 1. The summed E-state index contributed by atoms with van der Waals surface area (Å²) < 4.78 is 1.06. The standard InChI is InChI=1S/C16H25BrN2O/c1-3-4-5-15(11-18)19-16(20)10-12(2)13-6-8-14(17)9-7-13/h6-9,12,15H,3-5,10-11,18H2,1-2H3,(H,19,20). The summed E-state index contributed by atoms with van der Waals surface area (Å²) in [6.45, 7) is 4.73. The first-order chi connectivity index (χ1) is 9.56. The molecule has 3 nitrogen and oxygen atoms in total. The second-order valence-corrected chi connectivity index (χ2v) is 6.21. The summed E-state index contributed by atoms with van der Waals surface area (Å²) in [7, 11) is 0. The Morgan fingerprint density at radius 2 is 2.00 bits per heavy atom. The van der Waals surface area contributed by atoms with Gasteiger partial charge in [0.2, 0.25) is 5.91 Å². The van der Waals surface area contributed by atoms with Gasteiger partial charge in [-0.05, 0) is 30.0 Å². The fourth-order valence-corrected chi connectivity index (χ4v) is 2.44. The van der Waals surface area contributed by atoms with Gasteiger partial charge in [-0.15, -0.1) is 0 Å². The van der Waals surface area contributed by atoms with Gasteiger partial charge < -0.3 is 11.1 Å². The molecule has 2 unspecified atom stereocenters. The van der Waals surface area contributed by atoms with Crippen LogP contribution in [0.4, 0.5) is 0 Å². The predicted molar refractivity (Wildman–Crippen MR) is 87.7 cm³/mol. The minimum absolute atomic E-state index is 0.0898. The van der Waals surface area contributed by atoms with Gasteiger partial charge in [-0.25, -0.2) is 0 Å². The lowest BCUT2D eigenvalue weighted by atomic mass is 9.97. The Labute approximate surface area is 130 Å². The maximum absolute atomic E-state index is 12.1. The van der Waals surface area contributed by atoms with E-state index in [0.29, 0.717) is 13.0 Å². The first-order valence-electron chi connectivity index (χ1n) is 7.31. The molecule has 3 N–H and O–H groups in total. The SMILES string of the molecule is CCCCC(CN)NC(=O)CC(C)c1ccc(Br)cc1. The topological polar surface area (TPSA) is 55.1 Å². The van der Waals surface area contributed by atoms with E-state index in [4.69, 9.17) is 5.73 Å². The van der Waals surface area contributed by atoms with Crippen LogP contribution in [0.2, 0.25) is 0 Å². The Bertz CT molecular complexity index is 405. The molecule has 1 rings (SSSR count). The highest BCUT2D eigenvalue weighted by molar-refractivity contribution is 9.10. The van der Waals surface area contributed by atoms with Crippen molar-refractivity contribution in [3.63, 3.8) is 0 Å². The minimum atomic E-state index is 0.0898. The zero-order valence-corrected chi connectivity index (χ0v) is 13.9. The zero-order valence-electron chi connectivity index (χ0n) is 12.4. The van der Waals surface area contributed by atoms with Crippen LogP contribution in [0.25, 0.3) is 0 Å². The summed E-state index contributed by atoms with van der Waals surface area (Å²) in [5, 5.41) is 3.04. The normalized spacial score (nSPS) is 13.8. The molecule has 0 aliphatic carbocycles. The van der Waals surface area contributed by atoms with Crippen LogP contribution in [0.15, 0.2) is 28.7 Å². The number of amides is 1. The third kappa shape index (κ3) is 6.06. The first-order valence-corrected chi connectivity index (χ1v) is 8.11. The van der Waals surface area contributed by atoms with Crippen LogP contribution in [-0.4, -0.2) is 18.5 Å². The van der Waals surface area contributed by atoms with Crippen molar-refractivity contribution in [3.05, 3.63) is 34.3 Å². The number of nitrogens with one attached hydrogen (secondary N) is 1. The molecular weight excluding hydrogens is 316 g/mol. The van der Waals surface area contributed by atoms with Crippen molar-refractivity contribution in [1.82, 2.24) is 5.32 Å². The number of halogens is 1. The number of carbonyl (C=O) groups is 1. The monoisotopic (exact) mass is 340 g/mol. The number of rotatable bonds is 8. The third-order valence-corrected chi connectivity index (χ3v) is 4.02. The second kappa shape index (κ2) is 9.14. The van der Waals surface area contributed by atoms with E-state index in [1.165, 1.54) is 5.56 Å². The highest BCUT2D eigenvalue weighted by Crippen LogP contribution is 2.21. The van der Waals surface area contributed by atoms with Crippen molar-refractivity contribution in [2.75, 3.05) is 6.54 Å². The number of hydrogen-bond donors (Lipinski definition) is 2. The molecule has 20 heavy (non-hydrogen) atoms. The maximum Gasteiger partial charge on any atom is 0.220 e. The average molecular weight is 341 g/mol. The van der Waals surface area contributed by atoms with Gasteiger partial charge in [0, 0.05) is 23.5 Å². The predicted octanol–water partition coefficient (Wildman–Crippen LogP) is 3.58. The van der Waals surface area contributed by atoms with E-state index in [2.05, 4.69) is 47.2 Å². The van der Waals surface area contributed by atoms with Crippen molar-refractivity contribution >= 4 is 21.8 Å². The first kappa shape index (κ1) is 17.2. The molecule has 0 saturated heterocycles. The Hall–Kier alpha value is -0.870. The van der Waals surface area contributed by atoms with Gasteiger partial charge in [-0.3, -0.25) is 4.79 Å². The zero-order chi connectivity index (χ0) is 15.0. The lowest BCUT2D eigenvalue weighted by Crippen LogP contribution is -2.40. The van der Waals surface area contributed by atoms with Gasteiger partial charge in [-0.2, -0.15) is 0 Å². The number of carbonyl (C=O) groups excluding carboxylic acids is 1. The lowest BCUT2D eigenvalue weighted by Gasteiger charge is -2.18. The third-order valence-electron chi connectivity index (χ3n) is 3.49. The number of nitrogens with two attached hydrogens (primary N) is 1. The summed E-state index contributed by atoms with van der Waals surface area (Å²) >= 11 is 3.42. The maximum atomic E-state index is 12.1. The fraction of sp³-hybridized carbons (Fsp3) is 0.562. The van der Waals surface area contributed by atoms with Crippen LogP contribution in [0, 0.1) is 0 Å². The van der Waals surface area contributed by atoms with Gasteiger partial charge in [0.05, 0.1) is 0 Å². The van der Waals surface area contributed by atoms with Crippen molar-refractivity contribution in [1.29, 1.82) is 0 Å². The van der Waals surface area contributed by atoms with Gasteiger partial charge >= 0.3 is 0 Å². The second-order valence-electron chi connectivity index (χ2n) is 5.30. The molecule has 0 bridgehead atoms. The van der Waals surface area contributed by atoms with Crippen LogP contribution < -0.4 is 11.1 Å². The molecule has 112 valence electrons. The molecule has 4 heteroatoms. The van der Waals surface area contributed by atoms with Crippen molar-refractivity contribution < 1.29 is 4.79 Å². The molecule has 0 saturated carbocycles. The molecule has 0 fully saturated rings. The van der Waals surface area contributed by atoms with Crippen LogP contribution in [0.5, 0.6) is 0 Å². The van der Waals surface area contributed by atoms with E-state index < -0.39 is 0 Å². The van der Waals surface area contributed by atoms with Crippen LogP contribution in [-0.2, 0) is 4.79 Å². The summed E-state index contributed by atoms with van der Waals surface area (Å²) in [6, 6.07) is 8.24. The van der Waals surface area contributed by atoms with Gasteiger partial charge in [-0.1, -0.05) is 54.8 Å². The molecule has 0 aromatic heterocycles. The van der Waals surface area contributed by atoms with Crippen molar-refractivity contribution in [3.8, 4) is 0 Å². The van der Waals surface area contributed by atoms with Gasteiger partial charge in [0.1, 0.15) is 0 Å². The quantitative estimate of drug-likeness (QED) is 0.759. The highest BCUT2D eigenvalue weighted by Gasteiger charge is 2.14. The van der Waals surface area contributed by atoms with Crippen molar-refractivity contribution in [2.24, 2.45) is 5.73 Å². The molecule has 0 radical (unpaired) electrons. The number of benzene rings is 1. The molecule has 1 aromatic rings. The minimum Gasteiger partial charge on any atom is -0.352 e. The van der Waals surface area contributed by atoms with E-state index in [0.717, 1.165) is 23.7 Å². The Morgan fingerprint density at radius 1 is 1.35 bits per heavy atom. The Morgan fingerprint density at radius 3 is 2.55 bits per heavy atom. The smallest absolute Gasteiger partial charge is 0.220 e. The highest BCUT2D eigenvalue weighted by atomic mass is 79.9. The van der Waals surface area contributed by atoms with Crippen molar-refractivity contribution in [2.45, 2.75) is 51.5 Å². The molecule has 0 heterocycles.